The number of amides is 2. The minimum Gasteiger partial charge on any atom is -0.337 e. The van der Waals surface area contributed by atoms with Gasteiger partial charge in [-0.1, -0.05) is 0 Å². The Morgan fingerprint density at radius 3 is 3.06 bits per heavy atom. The van der Waals surface area contributed by atoms with E-state index >= 15 is 0 Å². The normalized spacial score (nSPS) is 14.6. The fourth-order valence-corrected chi connectivity index (χ4v) is 1.68. The molecule has 1 aromatic rings. The zero-order valence-corrected chi connectivity index (χ0v) is 9.63. The number of alkyl halides is 1. The number of urea groups is 1. The van der Waals surface area contributed by atoms with Gasteiger partial charge in [-0.05, 0) is 30.4 Å². The molecule has 0 aromatic carbocycles. The van der Waals surface area contributed by atoms with Crippen LogP contribution in [0.25, 0.3) is 0 Å². The highest BCUT2D eigenvalue weighted by Crippen LogP contribution is 2.42. The van der Waals surface area contributed by atoms with Gasteiger partial charge in [-0.25, -0.2) is 4.79 Å². The first-order chi connectivity index (χ1) is 7.81. The number of nitrogens with one attached hydrogen (secondary N) is 2. The Balaban J connectivity index is 2.00. The molecular weight excluding hydrogens is 226 g/mol. The summed E-state index contributed by atoms with van der Waals surface area (Å²) in [6.07, 6.45) is 5.84. The molecule has 16 heavy (non-hydrogen) atoms. The minimum atomic E-state index is -0.226. The van der Waals surface area contributed by atoms with Crippen LogP contribution in [0.3, 0.4) is 0 Å². The lowest BCUT2D eigenvalue weighted by molar-refractivity contribution is 0.252. The quantitative estimate of drug-likeness (QED) is 0.793. The Kier molecular flexibility index (Phi) is 3.62. The van der Waals surface area contributed by atoms with Gasteiger partial charge in [0.15, 0.2) is 0 Å². The second-order valence-electron chi connectivity index (χ2n) is 3.81. The van der Waals surface area contributed by atoms with Gasteiger partial charge in [-0.3, -0.25) is 4.98 Å². The highest BCUT2D eigenvalue weighted by Gasteiger charge is 2.26. The van der Waals surface area contributed by atoms with Crippen molar-refractivity contribution in [3.63, 3.8) is 0 Å². The van der Waals surface area contributed by atoms with E-state index in [1.165, 1.54) is 18.4 Å². The average molecular weight is 240 g/mol. The largest absolute Gasteiger partial charge is 0.337 e. The first-order valence-electron chi connectivity index (χ1n) is 5.36. The first-order valence-corrected chi connectivity index (χ1v) is 5.89. The molecule has 0 radical (unpaired) electrons. The van der Waals surface area contributed by atoms with Crippen LogP contribution in [0.15, 0.2) is 18.5 Å². The topological polar surface area (TPSA) is 54.0 Å². The molecule has 5 heteroatoms. The van der Waals surface area contributed by atoms with E-state index in [0.717, 1.165) is 5.69 Å². The minimum absolute atomic E-state index is 0.226. The summed E-state index contributed by atoms with van der Waals surface area (Å²) in [5, 5.41) is 5.45. The number of aromatic nitrogens is 1. The molecule has 1 aromatic heterocycles. The van der Waals surface area contributed by atoms with Crippen molar-refractivity contribution in [1.82, 2.24) is 10.3 Å². The molecule has 1 aliphatic rings. The Morgan fingerprint density at radius 1 is 1.56 bits per heavy atom. The SMILES string of the molecule is O=C(NCCCl)Nc1cnccc1C1CC1. The van der Waals surface area contributed by atoms with Gasteiger partial charge in [0.2, 0.25) is 0 Å². The van der Waals surface area contributed by atoms with Gasteiger partial charge in [-0.15, -0.1) is 11.6 Å². The molecule has 0 saturated heterocycles. The smallest absolute Gasteiger partial charge is 0.319 e. The third-order valence-corrected chi connectivity index (χ3v) is 2.69. The number of carbonyl (C=O) groups excluding carboxylic acids is 1. The van der Waals surface area contributed by atoms with Crippen molar-refractivity contribution in [2.24, 2.45) is 0 Å². The molecule has 2 amide bonds. The summed E-state index contributed by atoms with van der Waals surface area (Å²) in [7, 11) is 0. The maximum absolute atomic E-state index is 11.5. The van der Waals surface area contributed by atoms with Gasteiger partial charge in [0, 0.05) is 18.6 Å². The summed E-state index contributed by atoms with van der Waals surface area (Å²) in [5.74, 6) is 1.00. The summed E-state index contributed by atoms with van der Waals surface area (Å²) >= 11 is 5.49. The predicted molar refractivity (Wildman–Crippen MR) is 64.0 cm³/mol. The zero-order valence-electron chi connectivity index (χ0n) is 8.87. The molecule has 0 aliphatic heterocycles. The molecule has 1 fully saturated rings. The summed E-state index contributed by atoms with van der Waals surface area (Å²) < 4.78 is 0. The van der Waals surface area contributed by atoms with Gasteiger partial charge in [0.05, 0.1) is 11.9 Å². The van der Waals surface area contributed by atoms with E-state index in [-0.39, 0.29) is 6.03 Å². The fourth-order valence-electron chi connectivity index (χ4n) is 1.59. The number of halogens is 1. The number of nitrogens with zero attached hydrogens (tertiary/aromatic N) is 1. The highest BCUT2D eigenvalue weighted by molar-refractivity contribution is 6.18. The van der Waals surface area contributed by atoms with Crippen LogP contribution in [0, 0.1) is 0 Å². The molecule has 1 heterocycles. The van der Waals surface area contributed by atoms with E-state index in [4.69, 9.17) is 11.6 Å². The monoisotopic (exact) mass is 239 g/mol. The predicted octanol–water partition coefficient (Wildman–Crippen LogP) is 2.32. The van der Waals surface area contributed by atoms with Crippen LogP contribution in [0.1, 0.15) is 24.3 Å². The first kappa shape index (κ1) is 11.2. The third kappa shape index (κ3) is 2.85. The Labute approximate surface area is 99.4 Å². The maximum Gasteiger partial charge on any atom is 0.319 e. The number of carbonyl (C=O) groups is 1. The van der Waals surface area contributed by atoms with Crippen molar-refractivity contribution in [3.8, 4) is 0 Å². The second-order valence-corrected chi connectivity index (χ2v) is 4.19. The number of rotatable bonds is 4. The molecular formula is C11H14ClN3O. The summed E-state index contributed by atoms with van der Waals surface area (Å²) in [5.41, 5.74) is 1.98. The molecule has 1 aliphatic carbocycles. The van der Waals surface area contributed by atoms with Gasteiger partial charge in [0.1, 0.15) is 0 Å². The van der Waals surface area contributed by atoms with Crippen LogP contribution in [0.2, 0.25) is 0 Å². The fraction of sp³-hybridized carbons (Fsp3) is 0.455. The lowest BCUT2D eigenvalue weighted by atomic mass is 10.1. The number of hydrogen-bond acceptors (Lipinski definition) is 2. The highest BCUT2D eigenvalue weighted by atomic mass is 35.5. The van der Waals surface area contributed by atoms with Crippen LogP contribution >= 0.6 is 11.6 Å². The average Bonchev–Trinajstić information content (AvgIpc) is 3.11. The van der Waals surface area contributed by atoms with E-state index in [1.807, 2.05) is 6.07 Å². The van der Waals surface area contributed by atoms with Gasteiger partial charge in [0.25, 0.3) is 0 Å². The number of hydrogen-bond donors (Lipinski definition) is 2. The van der Waals surface area contributed by atoms with Crippen molar-refractivity contribution in [2.75, 3.05) is 17.7 Å². The lowest BCUT2D eigenvalue weighted by Crippen LogP contribution is -2.30. The summed E-state index contributed by atoms with van der Waals surface area (Å²) in [6, 6.07) is 1.74. The van der Waals surface area contributed by atoms with Crippen molar-refractivity contribution in [1.29, 1.82) is 0 Å². The second kappa shape index (κ2) is 5.16. The molecule has 0 unspecified atom stereocenters. The van der Waals surface area contributed by atoms with Crippen LogP contribution in [0.5, 0.6) is 0 Å². The summed E-state index contributed by atoms with van der Waals surface area (Å²) in [6.45, 7) is 0.465. The van der Waals surface area contributed by atoms with Gasteiger partial charge >= 0.3 is 6.03 Å². The van der Waals surface area contributed by atoms with Crippen LogP contribution in [0.4, 0.5) is 10.5 Å². The molecule has 2 N–H and O–H groups in total. The van der Waals surface area contributed by atoms with E-state index in [0.29, 0.717) is 18.3 Å². The van der Waals surface area contributed by atoms with Crippen molar-refractivity contribution in [3.05, 3.63) is 24.0 Å². The molecule has 4 nitrogen and oxygen atoms in total. The number of anilines is 1. The molecule has 0 bridgehead atoms. The van der Waals surface area contributed by atoms with Crippen molar-refractivity contribution < 1.29 is 4.79 Å². The van der Waals surface area contributed by atoms with E-state index in [9.17, 15) is 4.79 Å². The molecule has 86 valence electrons. The third-order valence-electron chi connectivity index (χ3n) is 2.50. The lowest BCUT2D eigenvalue weighted by Gasteiger charge is -2.10. The van der Waals surface area contributed by atoms with E-state index < -0.39 is 0 Å². The van der Waals surface area contributed by atoms with Crippen LogP contribution < -0.4 is 10.6 Å². The van der Waals surface area contributed by atoms with Gasteiger partial charge < -0.3 is 10.6 Å². The Hall–Kier alpha value is -1.29. The molecule has 0 atom stereocenters. The molecule has 2 rings (SSSR count). The van der Waals surface area contributed by atoms with Gasteiger partial charge in [-0.2, -0.15) is 0 Å². The standard InChI is InChI=1S/C11H14ClN3O/c12-4-6-14-11(16)15-10-7-13-5-3-9(10)8-1-2-8/h3,5,7-8H,1-2,4,6H2,(H2,14,15,16). The van der Waals surface area contributed by atoms with Crippen LogP contribution in [-0.4, -0.2) is 23.4 Å². The Bertz CT molecular complexity index is 379. The van der Waals surface area contributed by atoms with Crippen LogP contribution in [-0.2, 0) is 0 Å². The van der Waals surface area contributed by atoms with Crippen molar-refractivity contribution >= 4 is 23.3 Å². The van der Waals surface area contributed by atoms with E-state index in [2.05, 4.69) is 15.6 Å². The molecule has 0 spiro atoms. The summed E-state index contributed by atoms with van der Waals surface area (Å²) in [4.78, 5) is 15.5. The zero-order chi connectivity index (χ0) is 11.4. The number of pyridine rings is 1. The Morgan fingerprint density at radius 2 is 2.38 bits per heavy atom. The maximum atomic E-state index is 11.5. The molecule has 1 saturated carbocycles. The van der Waals surface area contributed by atoms with E-state index in [1.54, 1.807) is 12.4 Å². The van der Waals surface area contributed by atoms with Crippen molar-refractivity contribution in [2.45, 2.75) is 18.8 Å².